The summed E-state index contributed by atoms with van der Waals surface area (Å²) in [5.74, 6) is -1.89. The Balaban J connectivity index is 1.71. The quantitative estimate of drug-likeness (QED) is 0.657. The van der Waals surface area contributed by atoms with E-state index in [9.17, 15) is 14.4 Å². The van der Waals surface area contributed by atoms with Crippen molar-refractivity contribution < 1.29 is 14.4 Å². The van der Waals surface area contributed by atoms with Gasteiger partial charge in [0.2, 0.25) is 11.8 Å². The number of carbonyl (C=O) groups excluding carboxylic acids is 3. The molecule has 2 amide bonds. The molecule has 5 nitrogen and oxygen atoms in total. The van der Waals surface area contributed by atoms with Crippen molar-refractivity contribution >= 4 is 40.2 Å². The van der Waals surface area contributed by atoms with E-state index in [-0.39, 0.29) is 23.6 Å². The van der Waals surface area contributed by atoms with E-state index in [4.69, 9.17) is 0 Å². The molecule has 3 aliphatic rings. The largest absolute Gasteiger partial charge is 0.352 e. The summed E-state index contributed by atoms with van der Waals surface area (Å²) in [4.78, 5) is 41.0. The van der Waals surface area contributed by atoms with Crippen molar-refractivity contribution in [1.29, 1.82) is 0 Å². The van der Waals surface area contributed by atoms with Crippen molar-refractivity contribution in [2.45, 2.75) is 19.0 Å². The minimum Gasteiger partial charge on any atom is -0.352 e. The monoisotopic (exact) mass is 364 g/mol. The predicted octanol–water partition coefficient (Wildman–Crippen LogP) is 2.49. The standard InChI is InChI=1S/C20H16N2O3S/c1-10-9-13-15-16(20(25)21-19(15)24)17(18(23)14-7-4-8-26-14)22(13)12-6-3-2-5-11(10)12/h2-9,13,15-17H,1H3,(H,21,24,25). The molecule has 1 aromatic heterocycles. The van der Waals surface area contributed by atoms with Gasteiger partial charge >= 0.3 is 0 Å². The number of imide groups is 1. The lowest BCUT2D eigenvalue weighted by Crippen LogP contribution is -2.48. The third-order valence-corrected chi connectivity index (χ3v) is 6.51. The second-order valence-electron chi connectivity index (χ2n) is 6.96. The number of nitrogens with one attached hydrogen (secondary N) is 1. The number of hydrogen-bond donors (Lipinski definition) is 1. The number of benzene rings is 1. The zero-order valence-electron chi connectivity index (χ0n) is 14.0. The molecule has 4 atom stereocenters. The molecule has 5 rings (SSSR count). The third-order valence-electron chi connectivity index (χ3n) is 5.63. The molecule has 6 heteroatoms. The summed E-state index contributed by atoms with van der Waals surface area (Å²) in [6.07, 6.45) is 2.03. The second kappa shape index (κ2) is 5.38. The number of para-hydroxylation sites is 1. The van der Waals surface area contributed by atoms with Gasteiger partial charge in [-0.05, 0) is 30.0 Å². The second-order valence-corrected chi connectivity index (χ2v) is 7.90. The highest BCUT2D eigenvalue weighted by Crippen LogP contribution is 2.48. The van der Waals surface area contributed by atoms with Crippen LogP contribution in [0.3, 0.4) is 0 Å². The molecule has 0 bridgehead atoms. The van der Waals surface area contributed by atoms with E-state index < -0.39 is 17.9 Å². The van der Waals surface area contributed by atoms with Crippen LogP contribution < -0.4 is 10.2 Å². The van der Waals surface area contributed by atoms with Crippen LogP contribution in [0.1, 0.15) is 22.2 Å². The van der Waals surface area contributed by atoms with E-state index in [1.165, 1.54) is 11.3 Å². The molecule has 0 saturated carbocycles. The average Bonchev–Trinajstić information content (AvgIpc) is 3.33. The van der Waals surface area contributed by atoms with Crippen LogP contribution in [0.25, 0.3) is 5.57 Å². The lowest BCUT2D eigenvalue weighted by molar-refractivity contribution is -0.126. The van der Waals surface area contributed by atoms with Gasteiger partial charge < -0.3 is 4.90 Å². The molecule has 0 spiro atoms. The minimum atomic E-state index is -0.666. The fourth-order valence-electron chi connectivity index (χ4n) is 4.58. The van der Waals surface area contributed by atoms with Crippen molar-refractivity contribution in [1.82, 2.24) is 5.32 Å². The number of anilines is 1. The van der Waals surface area contributed by atoms with Crippen LogP contribution in [0.4, 0.5) is 5.69 Å². The molecule has 1 N–H and O–H groups in total. The van der Waals surface area contributed by atoms with E-state index >= 15 is 0 Å². The Morgan fingerprint density at radius 1 is 1.08 bits per heavy atom. The van der Waals surface area contributed by atoms with Crippen molar-refractivity contribution in [2.24, 2.45) is 11.8 Å². The number of rotatable bonds is 2. The van der Waals surface area contributed by atoms with Gasteiger partial charge in [0.15, 0.2) is 5.78 Å². The molecule has 130 valence electrons. The van der Waals surface area contributed by atoms with Gasteiger partial charge in [0.25, 0.3) is 0 Å². The number of amides is 2. The van der Waals surface area contributed by atoms with Gasteiger partial charge in [-0.1, -0.05) is 30.3 Å². The Morgan fingerprint density at radius 2 is 1.85 bits per heavy atom. The van der Waals surface area contributed by atoms with Gasteiger partial charge in [-0.15, -0.1) is 11.3 Å². The first-order valence-corrected chi connectivity index (χ1v) is 9.44. The topological polar surface area (TPSA) is 66.5 Å². The lowest BCUT2D eigenvalue weighted by Gasteiger charge is -2.37. The average molecular weight is 364 g/mol. The zero-order valence-corrected chi connectivity index (χ0v) is 14.8. The number of allylic oxidation sites excluding steroid dienone is 1. The van der Waals surface area contributed by atoms with Crippen molar-refractivity contribution in [3.63, 3.8) is 0 Å². The highest BCUT2D eigenvalue weighted by Gasteiger charge is 2.61. The van der Waals surface area contributed by atoms with Gasteiger partial charge in [0, 0.05) is 11.3 Å². The van der Waals surface area contributed by atoms with Gasteiger partial charge in [-0.3, -0.25) is 19.7 Å². The molecular weight excluding hydrogens is 348 g/mol. The van der Waals surface area contributed by atoms with Gasteiger partial charge in [0.1, 0.15) is 6.04 Å². The van der Waals surface area contributed by atoms with Crippen LogP contribution in [-0.4, -0.2) is 29.7 Å². The summed E-state index contributed by atoms with van der Waals surface area (Å²) in [6, 6.07) is 10.5. The first kappa shape index (κ1) is 15.5. The van der Waals surface area contributed by atoms with Crippen LogP contribution in [0.5, 0.6) is 0 Å². The van der Waals surface area contributed by atoms with Gasteiger partial charge in [-0.2, -0.15) is 0 Å². The minimum absolute atomic E-state index is 0.0925. The summed E-state index contributed by atoms with van der Waals surface area (Å²) in [5, 5.41) is 4.29. The number of hydrogen-bond acceptors (Lipinski definition) is 5. The van der Waals surface area contributed by atoms with E-state index in [0.29, 0.717) is 4.88 Å². The van der Waals surface area contributed by atoms with Crippen LogP contribution in [0, 0.1) is 11.8 Å². The fraction of sp³-hybridized carbons (Fsp3) is 0.250. The number of ketones is 1. The smallest absolute Gasteiger partial charge is 0.233 e. The fourth-order valence-corrected chi connectivity index (χ4v) is 5.28. The Labute approximate surface area is 154 Å². The lowest BCUT2D eigenvalue weighted by atomic mass is 9.86. The van der Waals surface area contributed by atoms with E-state index in [2.05, 4.69) is 5.32 Å². The Bertz CT molecular complexity index is 979. The number of Topliss-reactive ketones (excluding diaryl/α,β-unsaturated/α-hetero) is 1. The summed E-state index contributed by atoms with van der Waals surface area (Å²) >= 11 is 1.37. The molecule has 4 unspecified atom stereocenters. The van der Waals surface area contributed by atoms with E-state index in [0.717, 1.165) is 16.8 Å². The van der Waals surface area contributed by atoms with Crippen LogP contribution >= 0.6 is 11.3 Å². The van der Waals surface area contributed by atoms with Crippen molar-refractivity contribution in [3.8, 4) is 0 Å². The van der Waals surface area contributed by atoms with Crippen molar-refractivity contribution in [3.05, 3.63) is 58.3 Å². The number of nitrogens with zero attached hydrogens (tertiary/aromatic N) is 1. The SMILES string of the molecule is CC1=CC2C3C(=O)NC(=O)C3C(C(=O)c3cccs3)N2c2ccccc21. The molecule has 3 aliphatic heterocycles. The summed E-state index contributed by atoms with van der Waals surface area (Å²) in [6.45, 7) is 2.01. The molecule has 0 radical (unpaired) electrons. The molecule has 26 heavy (non-hydrogen) atoms. The molecule has 2 fully saturated rings. The first-order valence-electron chi connectivity index (χ1n) is 8.56. The maximum absolute atomic E-state index is 13.3. The summed E-state index contributed by atoms with van der Waals surface area (Å²) in [5.41, 5.74) is 3.03. The molecule has 2 saturated heterocycles. The first-order chi connectivity index (χ1) is 12.6. The maximum Gasteiger partial charge on any atom is 0.233 e. The molecule has 0 aliphatic carbocycles. The third kappa shape index (κ3) is 1.93. The number of carbonyl (C=O) groups is 3. The normalized spacial score (nSPS) is 29.0. The maximum atomic E-state index is 13.3. The Kier molecular flexibility index (Phi) is 3.21. The predicted molar refractivity (Wildman–Crippen MR) is 98.9 cm³/mol. The molecule has 4 heterocycles. The van der Waals surface area contributed by atoms with Gasteiger partial charge in [-0.25, -0.2) is 0 Å². The summed E-state index contributed by atoms with van der Waals surface area (Å²) in [7, 11) is 0. The van der Waals surface area contributed by atoms with E-state index in [1.54, 1.807) is 6.07 Å². The number of thiophene rings is 1. The van der Waals surface area contributed by atoms with E-state index in [1.807, 2.05) is 53.6 Å². The van der Waals surface area contributed by atoms with Crippen LogP contribution in [0.2, 0.25) is 0 Å². The van der Waals surface area contributed by atoms with Gasteiger partial charge in [0.05, 0.1) is 22.8 Å². The Hall–Kier alpha value is -2.73. The highest BCUT2D eigenvalue weighted by atomic mass is 32.1. The molecule has 2 aromatic rings. The zero-order chi connectivity index (χ0) is 18.0. The Morgan fingerprint density at radius 3 is 2.62 bits per heavy atom. The molecular formula is C20H16N2O3S. The van der Waals surface area contributed by atoms with Crippen LogP contribution in [0.15, 0.2) is 47.9 Å². The number of fused-ring (bicyclic) bond motifs is 5. The van der Waals surface area contributed by atoms with Crippen LogP contribution in [-0.2, 0) is 9.59 Å². The highest BCUT2D eigenvalue weighted by molar-refractivity contribution is 7.12. The molecule has 1 aromatic carbocycles. The van der Waals surface area contributed by atoms with Crippen molar-refractivity contribution in [2.75, 3.05) is 4.90 Å². The summed E-state index contributed by atoms with van der Waals surface area (Å²) < 4.78 is 0.